The van der Waals surface area contributed by atoms with Gasteiger partial charge in [-0.05, 0) is 50.6 Å². The van der Waals surface area contributed by atoms with Crippen molar-refractivity contribution >= 4 is 17.3 Å². The first-order valence-corrected chi connectivity index (χ1v) is 7.19. The fourth-order valence-electron chi connectivity index (χ4n) is 2.54. The summed E-state index contributed by atoms with van der Waals surface area (Å²) in [5.41, 5.74) is 7.05. The SMILES string of the molecule is Nc1cccc(NC(=O)CCCN2CCCC(O)C2)c1. The van der Waals surface area contributed by atoms with Crippen LogP contribution in [-0.2, 0) is 4.79 Å². The molecule has 1 aliphatic rings. The van der Waals surface area contributed by atoms with Crippen molar-refractivity contribution in [3.05, 3.63) is 24.3 Å². The largest absolute Gasteiger partial charge is 0.399 e. The van der Waals surface area contributed by atoms with E-state index in [1.54, 1.807) is 12.1 Å². The average molecular weight is 277 g/mol. The number of carbonyl (C=O) groups is 1. The number of hydrogen-bond donors (Lipinski definition) is 3. The van der Waals surface area contributed by atoms with Gasteiger partial charge in [0.2, 0.25) is 5.91 Å². The molecule has 0 radical (unpaired) electrons. The number of carbonyl (C=O) groups excluding carboxylic acids is 1. The molecule has 1 heterocycles. The first-order chi connectivity index (χ1) is 9.63. The summed E-state index contributed by atoms with van der Waals surface area (Å²) >= 11 is 0. The number of piperidine rings is 1. The van der Waals surface area contributed by atoms with Crippen LogP contribution in [0.3, 0.4) is 0 Å². The van der Waals surface area contributed by atoms with Crippen molar-refractivity contribution in [1.29, 1.82) is 0 Å². The molecular weight excluding hydrogens is 254 g/mol. The van der Waals surface area contributed by atoms with Crippen LogP contribution in [0.15, 0.2) is 24.3 Å². The van der Waals surface area contributed by atoms with Crippen molar-refractivity contribution in [3.8, 4) is 0 Å². The molecule has 1 aliphatic heterocycles. The Morgan fingerprint density at radius 1 is 1.50 bits per heavy atom. The number of benzene rings is 1. The summed E-state index contributed by atoms with van der Waals surface area (Å²) < 4.78 is 0. The maximum Gasteiger partial charge on any atom is 0.224 e. The van der Waals surface area contributed by atoms with E-state index in [-0.39, 0.29) is 12.0 Å². The summed E-state index contributed by atoms with van der Waals surface area (Å²) in [6.07, 6.45) is 3.02. The number of aliphatic hydroxyl groups is 1. The van der Waals surface area contributed by atoms with Crippen molar-refractivity contribution < 1.29 is 9.90 Å². The van der Waals surface area contributed by atoms with E-state index in [2.05, 4.69) is 10.2 Å². The van der Waals surface area contributed by atoms with Gasteiger partial charge >= 0.3 is 0 Å². The summed E-state index contributed by atoms with van der Waals surface area (Å²) in [4.78, 5) is 14.0. The normalized spacial score (nSPS) is 19.8. The van der Waals surface area contributed by atoms with E-state index in [1.807, 2.05) is 12.1 Å². The van der Waals surface area contributed by atoms with Gasteiger partial charge in [0.1, 0.15) is 0 Å². The molecule has 20 heavy (non-hydrogen) atoms. The highest BCUT2D eigenvalue weighted by Gasteiger charge is 2.17. The molecule has 1 unspecified atom stereocenters. The highest BCUT2D eigenvalue weighted by Crippen LogP contribution is 2.13. The lowest BCUT2D eigenvalue weighted by atomic mass is 10.1. The number of hydrogen-bond acceptors (Lipinski definition) is 4. The molecule has 1 saturated heterocycles. The molecule has 1 aromatic rings. The topological polar surface area (TPSA) is 78.6 Å². The predicted molar refractivity (Wildman–Crippen MR) is 80.4 cm³/mol. The fourth-order valence-corrected chi connectivity index (χ4v) is 2.54. The van der Waals surface area contributed by atoms with Gasteiger partial charge in [-0.2, -0.15) is 0 Å². The summed E-state index contributed by atoms with van der Waals surface area (Å²) in [7, 11) is 0. The van der Waals surface area contributed by atoms with Gasteiger partial charge in [-0.25, -0.2) is 0 Å². The smallest absolute Gasteiger partial charge is 0.224 e. The Morgan fingerprint density at radius 2 is 2.35 bits per heavy atom. The number of anilines is 2. The quantitative estimate of drug-likeness (QED) is 0.712. The molecule has 0 aliphatic carbocycles. The minimum absolute atomic E-state index is 0.00755. The van der Waals surface area contributed by atoms with E-state index in [1.165, 1.54) is 0 Å². The van der Waals surface area contributed by atoms with E-state index < -0.39 is 0 Å². The standard InChI is InChI=1S/C15H23N3O2/c16-12-4-1-5-13(10-12)17-15(20)7-3-9-18-8-2-6-14(19)11-18/h1,4-5,10,14,19H,2-3,6-9,11,16H2,(H,17,20). The van der Waals surface area contributed by atoms with Crippen molar-refractivity contribution in [2.45, 2.75) is 31.8 Å². The highest BCUT2D eigenvalue weighted by molar-refractivity contribution is 5.91. The fraction of sp³-hybridized carbons (Fsp3) is 0.533. The van der Waals surface area contributed by atoms with Crippen LogP contribution in [0.25, 0.3) is 0 Å². The molecule has 1 atom stereocenters. The van der Waals surface area contributed by atoms with E-state index in [4.69, 9.17) is 5.73 Å². The first kappa shape index (κ1) is 14.8. The maximum atomic E-state index is 11.8. The average Bonchev–Trinajstić information content (AvgIpc) is 2.38. The number of nitrogen functional groups attached to an aromatic ring is 1. The third kappa shape index (κ3) is 4.83. The van der Waals surface area contributed by atoms with Gasteiger partial charge in [0, 0.05) is 24.3 Å². The zero-order chi connectivity index (χ0) is 14.4. The van der Waals surface area contributed by atoms with Crippen molar-refractivity contribution in [2.75, 3.05) is 30.7 Å². The molecule has 1 aromatic carbocycles. The molecule has 5 nitrogen and oxygen atoms in total. The highest BCUT2D eigenvalue weighted by atomic mass is 16.3. The number of nitrogens with zero attached hydrogens (tertiary/aromatic N) is 1. The lowest BCUT2D eigenvalue weighted by molar-refractivity contribution is -0.116. The van der Waals surface area contributed by atoms with Crippen LogP contribution in [-0.4, -0.2) is 41.7 Å². The zero-order valence-electron chi connectivity index (χ0n) is 11.7. The van der Waals surface area contributed by atoms with Crippen molar-refractivity contribution in [1.82, 2.24) is 4.90 Å². The van der Waals surface area contributed by atoms with Crippen molar-refractivity contribution in [3.63, 3.8) is 0 Å². The summed E-state index contributed by atoms with van der Waals surface area (Å²) in [6, 6.07) is 7.19. The number of likely N-dealkylation sites (tertiary alicyclic amines) is 1. The van der Waals surface area contributed by atoms with Crippen LogP contribution in [0.4, 0.5) is 11.4 Å². The molecule has 0 saturated carbocycles. The first-order valence-electron chi connectivity index (χ1n) is 7.19. The van der Waals surface area contributed by atoms with Gasteiger partial charge in [0.25, 0.3) is 0 Å². The lowest BCUT2D eigenvalue weighted by Gasteiger charge is -2.29. The predicted octanol–water partition coefficient (Wildman–Crippen LogP) is 1.44. The van der Waals surface area contributed by atoms with Gasteiger partial charge in [-0.1, -0.05) is 6.07 Å². The molecule has 1 fully saturated rings. The van der Waals surface area contributed by atoms with E-state index in [0.717, 1.165) is 44.6 Å². The van der Waals surface area contributed by atoms with Gasteiger partial charge in [-0.15, -0.1) is 0 Å². The minimum atomic E-state index is -0.204. The molecule has 5 heteroatoms. The van der Waals surface area contributed by atoms with Gasteiger partial charge in [0.15, 0.2) is 0 Å². The Bertz CT molecular complexity index is 450. The molecule has 2 rings (SSSR count). The number of rotatable bonds is 5. The summed E-state index contributed by atoms with van der Waals surface area (Å²) in [5.74, 6) is 0.00755. The molecule has 0 bridgehead atoms. The van der Waals surface area contributed by atoms with Gasteiger partial charge < -0.3 is 21.1 Å². The van der Waals surface area contributed by atoms with Crippen LogP contribution in [0.1, 0.15) is 25.7 Å². The van der Waals surface area contributed by atoms with Gasteiger partial charge in [-0.3, -0.25) is 4.79 Å². The van der Waals surface area contributed by atoms with E-state index in [0.29, 0.717) is 12.1 Å². The molecule has 0 aromatic heterocycles. The number of aliphatic hydroxyl groups excluding tert-OH is 1. The molecule has 1 amide bonds. The van der Waals surface area contributed by atoms with Crippen LogP contribution < -0.4 is 11.1 Å². The molecule has 4 N–H and O–H groups in total. The third-order valence-electron chi connectivity index (χ3n) is 3.53. The second kappa shape index (κ2) is 7.26. The number of nitrogens with two attached hydrogens (primary N) is 1. The second-order valence-electron chi connectivity index (χ2n) is 5.37. The summed E-state index contributed by atoms with van der Waals surface area (Å²) in [6.45, 7) is 2.62. The monoisotopic (exact) mass is 277 g/mol. The zero-order valence-corrected chi connectivity index (χ0v) is 11.7. The second-order valence-corrected chi connectivity index (χ2v) is 5.37. The Labute approximate surface area is 119 Å². The van der Waals surface area contributed by atoms with Crippen LogP contribution in [0.5, 0.6) is 0 Å². The molecule has 0 spiro atoms. The van der Waals surface area contributed by atoms with Crippen LogP contribution in [0, 0.1) is 0 Å². The van der Waals surface area contributed by atoms with E-state index >= 15 is 0 Å². The number of amides is 1. The minimum Gasteiger partial charge on any atom is -0.399 e. The Morgan fingerprint density at radius 3 is 3.10 bits per heavy atom. The number of β-amino-alcohol motifs (C(OH)–C–C–N with tert-alkyl or cyclic N) is 1. The van der Waals surface area contributed by atoms with Crippen LogP contribution in [0.2, 0.25) is 0 Å². The number of nitrogens with one attached hydrogen (secondary N) is 1. The van der Waals surface area contributed by atoms with Crippen LogP contribution >= 0.6 is 0 Å². The van der Waals surface area contributed by atoms with Gasteiger partial charge in [0.05, 0.1) is 6.10 Å². The Kier molecular flexibility index (Phi) is 5.38. The van der Waals surface area contributed by atoms with E-state index in [9.17, 15) is 9.90 Å². The Balaban J connectivity index is 1.67. The lowest BCUT2D eigenvalue weighted by Crippen LogP contribution is -2.38. The maximum absolute atomic E-state index is 11.8. The van der Waals surface area contributed by atoms with Crippen molar-refractivity contribution in [2.24, 2.45) is 0 Å². The summed E-state index contributed by atoms with van der Waals surface area (Å²) in [5, 5.41) is 12.4. The molecular formula is C15H23N3O2. The third-order valence-corrected chi connectivity index (χ3v) is 3.53. The Hall–Kier alpha value is -1.59. The molecule has 110 valence electrons.